The Hall–Kier alpha value is -1.03. The van der Waals surface area contributed by atoms with Crippen LogP contribution < -0.4 is 11.1 Å². The summed E-state index contributed by atoms with van der Waals surface area (Å²) >= 11 is 0. The van der Waals surface area contributed by atoms with Crippen molar-refractivity contribution in [1.82, 2.24) is 9.78 Å². The minimum atomic E-state index is 0.403. The van der Waals surface area contributed by atoms with Gasteiger partial charge in [0.2, 0.25) is 0 Å². The van der Waals surface area contributed by atoms with Crippen LogP contribution in [0.5, 0.6) is 0 Å². The molecule has 13 heavy (non-hydrogen) atoms. The first-order valence-electron chi connectivity index (χ1n) is 4.55. The third-order valence-electron chi connectivity index (χ3n) is 1.98. The Bertz CT molecular complexity index is 288. The standard InChI is InChI=1S/C9H18N4/c1-6(2)11-9-8(5-10)7(3)12-13(9)4/h6,11H,5,10H2,1-4H3. The Morgan fingerprint density at radius 3 is 2.62 bits per heavy atom. The van der Waals surface area contributed by atoms with Crippen LogP contribution in [0.15, 0.2) is 0 Å². The van der Waals surface area contributed by atoms with E-state index in [9.17, 15) is 0 Å². The molecule has 0 saturated heterocycles. The fourth-order valence-corrected chi connectivity index (χ4v) is 1.40. The first-order valence-corrected chi connectivity index (χ1v) is 4.55. The second-order valence-corrected chi connectivity index (χ2v) is 3.54. The first kappa shape index (κ1) is 10.1. The predicted octanol–water partition coefficient (Wildman–Crippen LogP) is 1.01. The highest BCUT2D eigenvalue weighted by Gasteiger charge is 2.11. The van der Waals surface area contributed by atoms with Gasteiger partial charge in [0, 0.05) is 25.2 Å². The molecule has 0 atom stereocenters. The van der Waals surface area contributed by atoms with Gasteiger partial charge in [-0.3, -0.25) is 4.68 Å². The monoisotopic (exact) mass is 182 g/mol. The molecule has 1 heterocycles. The number of nitrogens with two attached hydrogens (primary N) is 1. The lowest BCUT2D eigenvalue weighted by atomic mass is 10.2. The molecular formula is C9H18N4. The van der Waals surface area contributed by atoms with E-state index in [1.165, 1.54) is 0 Å². The fourth-order valence-electron chi connectivity index (χ4n) is 1.40. The second-order valence-electron chi connectivity index (χ2n) is 3.54. The van der Waals surface area contributed by atoms with Crippen LogP contribution in [0.2, 0.25) is 0 Å². The lowest BCUT2D eigenvalue weighted by Crippen LogP contribution is -2.15. The zero-order chi connectivity index (χ0) is 10.0. The summed E-state index contributed by atoms with van der Waals surface area (Å²) in [5, 5.41) is 7.64. The lowest BCUT2D eigenvalue weighted by molar-refractivity contribution is 0.744. The maximum atomic E-state index is 5.65. The highest BCUT2D eigenvalue weighted by Crippen LogP contribution is 2.18. The number of aromatic nitrogens is 2. The van der Waals surface area contributed by atoms with Crippen LogP contribution in [0.25, 0.3) is 0 Å². The van der Waals surface area contributed by atoms with E-state index in [4.69, 9.17) is 5.73 Å². The molecule has 4 nitrogen and oxygen atoms in total. The highest BCUT2D eigenvalue weighted by atomic mass is 15.3. The number of hydrogen-bond donors (Lipinski definition) is 2. The highest BCUT2D eigenvalue weighted by molar-refractivity contribution is 5.47. The summed E-state index contributed by atoms with van der Waals surface area (Å²) in [6.45, 7) is 6.72. The third-order valence-corrected chi connectivity index (χ3v) is 1.98. The number of aryl methyl sites for hydroxylation is 2. The van der Waals surface area contributed by atoms with Crippen molar-refractivity contribution < 1.29 is 0 Å². The van der Waals surface area contributed by atoms with Gasteiger partial charge in [0.25, 0.3) is 0 Å². The second kappa shape index (κ2) is 3.79. The molecule has 0 bridgehead atoms. The van der Waals surface area contributed by atoms with Crippen LogP contribution in [0.4, 0.5) is 5.82 Å². The van der Waals surface area contributed by atoms with Crippen molar-refractivity contribution in [1.29, 1.82) is 0 Å². The molecule has 0 aliphatic heterocycles. The molecule has 1 rings (SSSR count). The van der Waals surface area contributed by atoms with E-state index in [0.29, 0.717) is 12.6 Å². The molecule has 0 radical (unpaired) electrons. The van der Waals surface area contributed by atoms with E-state index < -0.39 is 0 Å². The molecule has 0 unspecified atom stereocenters. The van der Waals surface area contributed by atoms with E-state index in [1.54, 1.807) is 0 Å². The third kappa shape index (κ3) is 2.01. The summed E-state index contributed by atoms with van der Waals surface area (Å²) in [4.78, 5) is 0. The lowest BCUT2D eigenvalue weighted by Gasteiger charge is -2.11. The van der Waals surface area contributed by atoms with E-state index in [2.05, 4.69) is 24.3 Å². The van der Waals surface area contributed by atoms with Crippen LogP contribution in [0, 0.1) is 6.92 Å². The van der Waals surface area contributed by atoms with E-state index in [-0.39, 0.29) is 0 Å². The number of nitrogens with zero attached hydrogens (tertiary/aromatic N) is 2. The van der Waals surface area contributed by atoms with Gasteiger partial charge in [-0.05, 0) is 20.8 Å². The van der Waals surface area contributed by atoms with Gasteiger partial charge in [-0.2, -0.15) is 5.10 Å². The normalized spacial score (nSPS) is 10.9. The zero-order valence-corrected chi connectivity index (χ0v) is 8.76. The molecular weight excluding hydrogens is 164 g/mol. The molecule has 0 aromatic carbocycles. The number of rotatable bonds is 3. The largest absolute Gasteiger partial charge is 0.368 e. The van der Waals surface area contributed by atoms with Gasteiger partial charge in [0.05, 0.1) is 5.69 Å². The van der Waals surface area contributed by atoms with Crippen LogP contribution in [0.3, 0.4) is 0 Å². The number of nitrogens with one attached hydrogen (secondary N) is 1. The van der Waals surface area contributed by atoms with E-state index >= 15 is 0 Å². The Balaban J connectivity index is 3.02. The zero-order valence-electron chi connectivity index (χ0n) is 8.76. The van der Waals surface area contributed by atoms with E-state index in [0.717, 1.165) is 17.1 Å². The molecule has 0 fully saturated rings. The summed E-state index contributed by atoms with van der Waals surface area (Å²) < 4.78 is 1.84. The van der Waals surface area contributed by atoms with Crippen LogP contribution in [-0.4, -0.2) is 15.8 Å². The summed E-state index contributed by atoms with van der Waals surface area (Å²) in [6, 6.07) is 0.403. The van der Waals surface area contributed by atoms with Crippen molar-refractivity contribution in [2.75, 3.05) is 5.32 Å². The smallest absolute Gasteiger partial charge is 0.128 e. The van der Waals surface area contributed by atoms with Gasteiger partial charge in [-0.1, -0.05) is 0 Å². The average molecular weight is 182 g/mol. The molecule has 0 spiro atoms. The minimum Gasteiger partial charge on any atom is -0.368 e. The Morgan fingerprint density at radius 1 is 1.54 bits per heavy atom. The van der Waals surface area contributed by atoms with Gasteiger partial charge in [0.1, 0.15) is 5.82 Å². The molecule has 3 N–H and O–H groups in total. The van der Waals surface area contributed by atoms with Gasteiger partial charge in [0.15, 0.2) is 0 Å². The molecule has 0 aliphatic carbocycles. The molecule has 74 valence electrons. The quantitative estimate of drug-likeness (QED) is 0.733. The molecule has 0 saturated carbocycles. The SMILES string of the molecule is Cc1nn(C)c(NC(C)C)c1CN. The van der Waals surface area contributed by atoms with Crippen LogP contribution >= 0.6 is 0 Å². The van der Waals surface area contributed by atoms with Crippen LogP contribution in [-0.2, 0) is 13.6 Å². The minimum absolute atomic E-state index is 0.403. The molecule has 4 heteroatoms. The van der Waals surface area contributed by atoms with Crippen molar-refractivity contribution in [2.45, 2.75) is 33.4 Å². The average Bonchev–Trinajstić information content (AvgIpc) is 2.26. The van der Waals surface area contributed by atoms with E-state index in [1.807, 2.05) is 18.7 Å². The summed E-state index contributed by atoms with van der Waals surface area (Å²) in [5.74, 6) is 1.04. The molecule has 1 aromatic heterocycles. The van der Waals surface area contributed by atoms with Crippen molar-refractivity contribution in [3.05, 3.63) is 11.3 Å². The van der Waals surface area contributed by atoms with Crippen molar-refractivity contribution in [3.8, 4) is 0 Å². The fraction of sp³-hybridized carbons (Fsp3) is 0.667. The van der Waals surface area contributed by atoms with Gasteiger partial charge >= 0.3 is 0 Å². The number of hydrogen-bond acceptors (Lipinski definition) is 3. The van der Waals surface area contributed by atoms with Crippen molar-refractivity contribution in [2.24, 2.45) is 12.8 Å². The first-order chi connectivity index (χ1) is 6.06. The maximum absolute atomic E-state index is 5.65. The Labute approximate surface area is 79.1 Å². The molecule has 0 aliphatic rings. The molecule has 1 aromatic rings. The van der Waals surface area contributed by atoms with Gasteiger partial charge in [-0.15, -0.1) is 0 Å². The van der Waals surface area contributed by atoms with Crippen molar-refractivity contribution in [3.63, 3.8) is 0 Å². The Kier molecular flexibility index (Phi) is 2.93. The number of anilines is 1. The summed E-state index contributed by atoms with van der Waals surface area (Å²) in [5.41, 5.74) is 7.76. The predicted molar refractivity (Wildman–Crippen MR) is 54.6 cm³/mol. The topological polar surface area (TPSA) is 55.9 Å². The summed E-state index contributed by atoms with van der Waals surface area (Å²) in [6.07, 6.45) is 0. The molecule has 0 amide bonds. The van der Waals surface area contributed by atoms with Crippen molar-refractivity contribution >= 4 is 5.82 Å². The van der Waals surface area contributed by atoms with Gasteiger partial charge in [-0.25, -0.2) is 0 Å². The Morgan fingerprint density at radius 2 is 2.15 bits per heavy atom. The summed E-state index contributed by atoms with van der Waals surface area (Å²) in [7, 11) is 1.93. The van der Waals surface area contributed by atoms with Gasteiger partial charge < -0.3 is 11.1 Å². The van der Waals surface area contributed by atoms with Crippen LogP contribution in [0.1, 0.15) is 25.1 Å². The maximum Gasteiger partial charge on any atom is 0.128 e.